The van der Waals surface area contributed by atoms with Gasteiger partial charge in [-0.2, -0.15) is 0 Å². The fraction of sp³-hybridized carbons (Fsp3) is 0.250. The van der Waals surface area contributed by atoms with E-state index in [0.29, 0.717) is 28.8 Å². The molecule has 9 nitrogen and oxygen atoms in total. The lowest BCUT2D eigenvalue weighted by Gasteiger charge is -2.18. The molecule has 1 saturated heterocycles. The maximum absolute atomic E-state index is 12.8. The smallest absolute Gasteiger partial charge is 0.328 e. The van der Waals surface area contributed by atoms with Crippen LogP contribution in [0, 0.1) is 6.92 Å². The number of hydrogen-bond donors (Lipinski definition) is 1. The van der Waals surface area contributed by atoms with Crippen LogP contribution in [0.4, 0.5) is 10.5 Å². The topological polar surface area (TPSA) is 111 Å². The summed E-state index contributed by atoms with van der Waals surface area (Å²) in [4.78, 5) is 50.3. The first kappa shape index (κ1) is 24.8. The van der Waals surface area contributed by atoms with Crippen LogP contribution in [0.25, 0.3) is 6.08 Å². The Morgan fingerprint density at radius 1 is 1.12 bits per heavy atom. The van der Waals surface area contributed by atoms with Gasteiger partial charge in [0.1, 0.15) is 6.04 Å². The second-order valence-corrected chi connectivity index (χ2v) is 8.33. The molecule has 1 heterocycles. The molecule has 34 heavy (non-hydrogen) atoms. The van der Waals surface area contributed by atoms with E-state index in [1.165, 1.54) is 27.2 Å². The first-order chi connectivity index (χ1) is 16.2. The molecule has 1 fully saturated rings. The lowest BCUT2D eigenvalue weighted by Crippen LogP contribution is -2.42. The molecule has 0 bridgehead atoms. The minimum atomic E-state index is -1.06. The van der Waals surface area contributed by atoms with Crippen molar-refractivity contribution in [2.75, 3.05) is 26.1 Å². The average Bonchev–Trinajstić information content (AvgIpc) is 3.10. The van der Waals surface area contributed by atoms with Crippen LogP contribution in [-0.4, -0.2) is 54.8 Å². The van der Waals surface area contributed by atoms with Crippen molar-refractivity contribution >= 4 is 46.5 Å². The van der Waals surface area contributed by atoms with Gasteiger partial charge in [-0.15, -0.1) is 0 Å². The number of esters is 1. The molecule has 1 atom stereocenters. The Labute approximate surface area is 201 Å². The number of carbonyl (C=O) groups excluding carboxylic acids is 4. The number of anilines is 1. The molecule has 1 aliphatic rings. The van der Waals surface area contributed by atoms with Crippen molar-refractivity contribution in [3.05, 3.63) is 58.5 Å². The van der Waals surface area contributed by atoms with Gasteiger partial charge in [0.2, 0.25) is 0 Å². The lowest BCUT2D eigenvalue weighted by molar-refractivity contribution is -0.148. The summed E-state index contributed by atoms with van der Waals surface area (Å²) >= 11 is 0.697. The Morgan fingerprint density at radius 3 is 2.47 bits per heavy atom. The predicted octanol–water partition coefficient (Wildman–Crippen LogP) is 3.62. The highest BCUT2D eigenvalue weighted by Gasteiger charge is 2.41. The summed E-state index contributed by atoms with van der Waals surface area (Å²) in [6, 6.07) is 11.3. The van der Waals surface area contributed by atoms with Crippen LogP contribution in [0.3, 0.4) is 0 Å². The van der Waals surface area contributed by atoms with Crippen molar-refractivity contribution in [3.8, 4) is 11.5 Å². The molecule has 1 N–H and O–H groups in total. The number of hydrogen-bond acceptors (Lipinski definition) is 8. The van der Waals surface area contributed by atoms with Crippen LogP contribution in [0.15, 0.2) is 47.4 Å². The standard InChI is InChI=1S/C24H24N2O7S/c1-14-8-10-17(11-9-14)25-20(27)13-33-21-16(6-5-7-18(21)31-3)12-19-22(28)26(24(30)34-19)15(2)23(29)32-4/h5-12,15H,13H2,1-4H3,(H,25,27)/b19-12+/t15-/m1/s1. The first-order valence-electron chi connectivity index (χ1n) is 10.3. The number of amides is 3. The predicted molar refractivity (Wildman–Crippen MR) is 128 cm³/mol. The van der Waals surface area contributed by atoms with E-state index >= 15 is 0 Å². The summed E-state index contributed by atoms with van der Waals surface area (Å²) < 4.78 is 15.7. The highest BCUT2D eigenvalue weighted by atomic mass is 32.2. The number of imide groups is 1. The third-order valence-electron chi connectivity index (χ3n) is 4.95. The summed E-state index contributed by atoms with van der Waals surface area (Å²) in [5.41, 5.74) is 2.13. The second kappa shape index (κ2) is 10.9. The Hall–Kier alpha value is -3.79. The van der Waals surface area contributed by atoms with Gasteiger partial charge < -0.3 is 19.5 Å². The largest absolute Gasteiger partial charge is 0.493 e. The van der Waals surface area contributed by atoms with E-state index in [2.05, 4.69) is 10.1 Å². The quantitative estimate of drug-likeness (QED) is 0.447. The van der Waals surface area contributed by atoms with Crippen LogP contribution in [0.5, 0.6) is 11.5 Å². The molecule has 0 aromatic heterocycles. The summed E-state index contributed by atoms with van der Waals surface area (Å²) in [5, 5.41) is 2.16. The van der Waals surface area contributed by atoms with Gasteiger partial charge in [0.05, 0.1) is 19.1 Å². The summed E-state index contributed by atoms with van der Waals surface area (Å²) in [7, 11) is 2.63. The Balaban J connectivity index is 1.80. The van der Waals surface area contributed by atoms with Gasteiger partial charge in [0.25, 0.3) is 17.1 Å². The molecular weight excluding hydrogens is 460 g/mol. The van der Waals surface area contributed by atoms with Crippen molar-refractivity contribution in [2.45, 2.75) is 19.9 Å². The van der Waals surface area contributed by atoms with Crippen LogP contribution in [0.2, 0.25) is 0 Å². The van der Waals surface area contributed by atoms with E-state index in [1.807, 2.05) is 19.1 Å². The Morgan fingerprint density at radius 2 is 1.82 bits per heavy atom. The zero-order chi connectivity index (χ0) is 24.8. The molecule has 10 heteroatoms. The van der Waals surface area contributed by atoms with E-state index in [9.17, 15) is 19.2 Å². The Bertz CT molecular complexity index is 1140. The van der Waals surface area contributed by atoms with Crippen LogP contribution in [-0.2, 0) is 19.1 Å². The van der Waals surface area contributed by atoms with Gasteiger partial charge in [0, 0.05) is 11.3 Å². The molecule has 0 saturated carbocycles. The molecule has 0 unspecified atom stereocenters. The summed E-state index contributed by atoms with van der Waals surface area (Å²) in [6.45, 7) is 3.05. The SMILES string of the molecule is COC(=O)[C@@H](C)N1C(=O)S/C(=C/c2cccc(OC)c2OCC(=O)Nc2ccc(C)cc2)C1=O. The van der Waals surface area contributed by atoms with Crippen molar-refractivity contribution in [2.24, 2.45) is 0 Å². The number of thioether (sulfide) groups is 1. The number of aryl methyl sites for hydroxylation is 1. The van der Waals surface area contributed by atoms with Crippen molar-refractivity contribution in [3.63, 3.8) is 0 Å². The average molecular weight is 485 g/mol. The molecule has 3 rings (SSSR count). The number of benzene rings is 2. The maximum Gasteiger partial charge on any atom is 0.328 e. The fourth-order valence-corrected chi connectivity index (χ4v) is 4.06. The number of rotatable bonds is 8. The molecule has 3 amide bonds. The molecule has 0 radical (unpaired) electrons. The third-order valence-corrected chi connectivity index (χ3v) is 5.84. The summed E-state index contributed by atoms with van der Waals surface area (Å²) in [5.74, 6) is -1.13. The highest BCUT2D eigenvalue weighted by Crippen LogP contribution is 2.38. The van der Waals surface area contributed by atoms with Gasteiger partial charge in [-0.25, -0.2) is 4.79 Å². The zero-order valence-electron chi connectivity index (χ0n) is 19.1. The number of ether oxygens (including phenoxy) is 3. The molecule has 0 aliphatic carbocycles. The summed E-state index contributed by atoms with van der Waals surface area (Å²) in [6.07, 6.45) is 1.46. The van der Waals surface area contributed by atoms with Gasteiger partial charge in [-0.05, 0) is 49.9 Å². The first-order valence-corrected chi connectivity index (χ1v) is 11.1. The van der Waals surface area contributed by atoms with E-state index in [1.54, 1.807) is 30.3 Å². The van der Waals surface area contributed by atoms with E-state index in [0.717, 1.165) is 10.5 Å². The van der Waals surface area contributed by atoms with Crippen LogP contribution < -0.4 is 14.8 Å². The van der Waals surface area contributed by atoms with Crippen molar-refractivity contribution in [1.82, 2.24) is 4.90 Å². The minimum Gasteiger partial charge on any atom is -0.493 e. The molecule has 1 aliphatic heterocycles. The van der Waals surface area contributed by atoms with E-state index < -0.39 is 23.2 Å². The number of methoxy groups -OCH3 is 2. The van der Waals surface area contributed by atoms with E-state index in [-0.39, 0.29) is 23.2 Å². The molecule has 2 aromatic rings. The second-order valence-electron chi connectivity index (χ2n) is 7.33. The molecule has 0 spiro atoms. The number of nitrogens with one attached hydrogen (secondary N) is 1. The molecule has 178 valence electrons. The third kappa shape index (κ3) is 5.57. The van der Waals surface area contributed by atoms with Gasteiger partial charge in [-0.1, -0.05) is 29.8 Å². The lowest BCUT2D eigenvalue weighted by atomic mass is 10.1. The van der Waals surface area contributed by atoms with Crippen LogP contribution in [0.1, 0.15) is 18.1 Å². The number of nitrogens with zero attached hydrogens (tertiary/aromatic N) is 1. The van der Waals surface area contributed by atoms with E-state index in [4.69, 9.17) is 9.47 Å². The highest BCUT2D eigenvalue weighted by molar-refractivity contribution is 8.18. The van der Waals surface area contributed by atoms with Crippen LogP contribution >= 0.6 is 11.8 Å². The van der Waals surface area contributed by atoms with Crippen molar-refractivity contribution < 1.29 is 33.4 Å². The Kier molecular flexibility index (Phi) is 7.95. The number of para-hydroxylation sites is 1. The number of carbonyl (C=O) groups is 4. The fourth-order valence-electron chi connectivity index (χ4n) is 3.16. The monoisotopic (exact) mass is 484 g/mol. The van der Waals surface area contributed by atoms with Gasteiger partial charge in [0.15, 0.2) is 18.1 Å². The minimum absolute atomic E-state index is 0.1000. The zero-order valence-corrected chi connectivity index (χ0v) is 19.9. The maximum atomic E-state index is 12.8. The molecular formula is C24H24N2O7S. The normalized spacial score (nSPS) is 15.3. The van der Waals surface area contributed by atoms with Gasteiger partial charge >= 0.3 is 5.97 Å². The van der Waals surface area contributed by atoms with Gasteiger partial charge in [-0.3, -0.25) is 19.3 Å². The van der Waals surface area contributed by atoms with Crippen molar-refractivity contribution in [1.29, 1.82) is 0 Å². The molecule has 2 aromatic carbocycles.